The first-order valence-corrected chi connectivity index (χ1v) is 15.9. The zero-order valence-electron chi connectivity index (χ0n) is 28.0. The highest BCUT2D eigenvalue weighted by atomic mass is 16.6. The third kappa shape index (κ3) is 11.7. The summed E-state index contributed by atoms with van der Waals surface area (Å²) in [7, 11) is 1.26. The number of quaternary nitrogens is 1. The lowest BCUT2D eigenvalue weighted by atomic mass is 10.1. The summed E-state index contributed by atoms with van der Waals surface area (Å²) in [5.74, 6) is 0.00467. The number of ether oxygens (including phenoxy) is 5. The van der Waals surface area contributed by atoms with Gasteiger partial charge < -0.3 is 33.9 Å². The number of alkyl carbamates (subject to hydrolysis) is 1. The van der Waals surface area contributed by atoms with Crippen LogP contribution in [0.4, 0.5) is 14.4 Å². The maximum Gasteiger partial charge on any atom is 0.516 e. The molecule has 2 aliphatic heterocycles. The Balaban J connectivity index is 1.44. The summed E-state index contributed by atoms with van der Waals surface area (Å²) in [5, 5.41) is 2.57. The molecule has 0 aromatic heterocycles. The highest BCUT2D eigenvalue weighted by Gasteiger charge is 2.41. The molecular weight excluding hydrogens is 582 g/mol. The predicted molar refractivity (Wildman–Crippen MR) is 167 cm³/mol. The normalized spacial score (nSPS) is 18.9. The van der Waals surface area contributed by atoms with E-state index in [0.29, 0.717) is 29.9 Å². The van der Waals surface area contributed by atoms with E-state index in [2.05, 4.69) is 5.32 Å². The van der Waals surface area contributed by atoms with Crippen LogP contribution in [0.2, 0.25) is 0 Å². The van der Waals surface area contributed by atoms with Gasteiger partial charge in [-0.15, -0.1) is 0 Å². The SMILES string of the molecule is COC(=O)C(Cc1ccc(OCC2CN(CCCC[N+]3(C(=O)OC(C)(C)C)CCCCC3)C(=O)O2)cc1)NC(=O)OC(C)(C)C. The third-order valence-electron chi connectivity index (χ3n) is 7.64. The molecule has 0 spiro atoms. The minimum atomic E-state index is -0.912. The van der Waals surface area contributed by atoms with E-state index in [-0.39, 0.29) is 25.2 Å². The zero-order valence-corrected chi connectivity index (χ0v) is 28.0. The van der Waals surface area contributed by atoms with Crippen LogP contribution < -0.4 is 10.1 Å². The number of nitrogens with zero attached hydrogens (tertiary/aromatic N) is 2. The van der Waals surface area contributed by atoms with Gasteiger partial charge in [-0.2, -0.15) is 4.79 Å². The van der Waals surface area contributed by atoms with Crippen LogP contribution in [0.15, 0.2) is 24.3 Å². The maximum atomic E-state index is 13.1. The van der Waals surface area contributed by atoms with Gasteiger partial charge in [0.1, 0.15) is 29.6 Å². The molecular formula is C33H52N3O9+. The van der Waals surface area contributed by atoms with Crippen LogP contribution >= 0.6 is 0 Å². The summed E-state index contributed by atoms with van der Waals surface area (Å²) in [6, 6.07) is 6.20. The highest BCUT2D eigenvalue weighted by Crippen LogP contribution is 2.25. The smallest absolute Gasteiger partial charge is 0.490 e. The number of methoxy groups -OCH3 is 1. The van der Waals surface area contributed by atoms with Gasteiger partial charge in [-0.05, 0) is 91.3 Å². The van der Waals surface area contributed by atoms with Crippen LogP contribution in [-0.2, 0) is 30.2 Å². The van der Waals surface area contributed by atoms with Crippen molar-refractivity contribution in [2.45, 2.75) is 103 Å². The molecule has 252 valence electrons. The molecule has 3 amide bonds. The number of piperidine rings is 1. The van der Waals surface area contributed by atoms with Crippen molar-refractivity contribution in [3.8, 4) is 5.75 Å². The second kappa shape index (κ2) is 15.6. The Bertz CT molecular complexity index is 1150. The van der Waals surface area contributed by atoms with Gasteiger partial charge in [0.05, 0.1) is 33.3 Å². The number of benzene rings is 1. The van der Waals surface area contributed by atoms with E-state index in [1.165, 1.54) is 7.11 Å². The van der Waals surface area contributed by atoms with Crippen molar-refractivity contribution in [3.63, 3.8) is 0 Å². The number of cyclic esters (lactones) is 1. The van der Waals surface area contributed by atoms with Crippen LogP contribution in [0, 0.1) is 0 Å². The van der Waals surface area contributed by atoms with Crippen LogP contribution in [0.1, 0.15) is 79.2 Å². The molecule has 2 fully saturated rings. The Morgan fingerprint density at radius 3 is 2.22 bits per heavy atom. The molecule has 2 unspecified atom stereocenters. The number of rotatable bonds is 12. The number of unbranched alkanes of at least 4 members (excludes halogenated alkanes) is 1. The molecule has 12 nitrogen and oxygen atoms in total. The molecule has 2 saturated heterocycles. The lowest BCUT2D eigenvalue weighted by Crippen LogP contribution is -2.57. The molecule has 45 heavy (non-hydrogen) atoms. The lowest BCUT2D eigenvalue weighted by molar-refractivity contribution is -0.863. The number of hydrogen-bond donors (Lipinski definition) is 1. The third-order valence-corrected chi connectivity index (χ3v) is 7.64. The van der Waals surface area contributed by atoms with E-state index in [1.807, 2.05) is 20.8 Å². The van der Waals surface area contributed by atoms with Gasteiger partial charge in [-0.3, -0.25) is 0 Å². The summed E-state index contributed by atoms with van der Waals surface area (Å²) in [4.78, 5) is 51.7. The van der Waals surface area contributed by atoms with Gasteiger partial charge in [-0.25, -0.2) is 18.9 Å². The molecule has 0 saturated carbocycles. The molecule has 1 N–H and O–H groups in total. The van der Waals surface area contributed by atoms with E-state index in [4.69, 9.17) is 23.7 Å². The average molecular weight is 635 g/mol. The number of carbonyl (C=O) groups is 4. The first-order chi connectivity index (χ1) is 21.1. The summed E-state index contributed by atoms with van der Waals surface area (Å²) < 4.78 is 27.6. The van der Waals surface area contributed by atoms with Crippen LogP contribution in [0.25, 0.3) is 0 Å². The largest absolute Gasteiger partial charge is 0.516 e. The Hall–Kier alpha value is -3.54. The van der Waals surface area contributed by atoms with Gasteiger partial charge in [0.15, 0.2) is 6.10 Å². The highest BCUT2D eigenvalue weighted by molar-refractivity contribution is 5.81. The topological polar surface area (TPSA) is 130 Å². The van der Waals surface area contributed by atoms with E-state index < -0.39 is 35.4 Å². The monoisotopic (exact) mass is 634 g/mol. The molecule has 1 aromatic rings. The van der Waals surface area contributed by atoms with Gasteiger partial charge >= 0.3 is 24.2 Å². The summed E-state index contributed by atoms with van der Waals surface area (Å²) >= 11 is 0. The molecule has 1 aromatic carbocycles. The van der Waals surface area contributed by atoms with E-state index in [0.717, 1.165) is 50.8 Å². The summed E-state index contributed by atoms with van der Waals surface area (Å²) in [6.45, 7) is 14.4. The van der Waals surface area contributed by atoms with Crippen molar-refractivity contribution in [2.24, 2.45) is 0 Å². The molecule has 0 bridgehead atoms. The number of likely N-dealkylation sites (tertiary alicyclic amines) is 1. The number of carbonyl (C=O) groups excluding carboxylic acids is 4. The Labute approximate surface area is 267 Å². The maximum absolute atomic E-state index is 13.1. The van der Waals surface area contributed by atoms with Crippen LogP contribution in [0.5, 0.6) is 5.75 Å². The van der Waals surface area contributed by atoms with Crippen LogP contribution in [0.3, 0.4) is 0 Å². The van der Waals surface area contributed by atoms with E-state index in [1.54, 1.807) is 49.9 Å². The fourth-order valence-electron chi connectivity index (χ4n) is 5.47. The van der Waals surface area contributed by atoms with E-state index >= 15 is 0 Å². The molecule has 0 radical (unpaired) electrons. The van der Waals surface area contributed by atoms with Gasteiger partial charge in [0.25, 0.3) is 0 Å². The number of hydrogen-bond acceptors (Lipinski definition) is 9. The van der Waals surface area contributed by atoms with Crippen molar-refractivity contribution >= 4 is 24.2 Å². The van der Waals surface area contributed by atoms with Crippen molar-refractivity contribution in [1.29, 1.82) is 0 Å². The molecule has 2 atom stereocenters. The standard InChI is InChI=1S/C33H51N3O9/c1-32(2,3)44-29(38)34-27(28(37)41-7)21-24-13-15-25(16-14-24)42-23-26-22-35(30(39)43-26)17-9-12-20-36(18-10-8-11-19-36)31(40)45-33(4,5)6/h13-16,26-27H,8-12,17-23H2,1-7H3/p+1. The van der Waals surface area contributed by atoms with Gasteiger partial charge in [0.2, 0.25) is 0 Å². The summed E-state index contributed by atoms with van der Waals surface area (Å²) in [6.07, 6.45) is 3.34. The molecule has 0 aliphatic carbocycles. The molecule has 2 aliphatic rings. The Morgan fingerprint density at radius 2 is 1.62 bits per heavy atom. The minimum Gasteiger partial charge on any atom is -0.490 e. The molecule has 2 heterocycles. The van der Waals surface area contributed by atoms with Crippen molar-refractivity contribution in [1.82, 2.24) is 10.2 Å². The predicted octanol–water partition coefficient (Wildman–Crippen LogP) is 5.21. The first kappa shape index (κ1) is 35.9. The number of esters is 1. The average Bonchev–Trinajstić information content (AvgIpc) is 3.31. The summed E-state index contributed by atoms with van der Waals surface area (Å²) in [5.41, 5.74) is -0.436. The second-order valence-corrected chi connectivity index (χ2v) is 13.9. The van der Waals surface area contributed by atoms with Crippen LogP contribution in [-0.4, -0.2) is 103 Å². The Kier molecular flexibility index (Phi) is 12.5. The van der Waals surface area contributed by atoms with Gasteiger partial charge in [0, 0.05) is 13.0 Å². The van der Waals surface area contributed by atoms with Gasteiger partial charge in [-0.1, -0.05) is 12.1 Å². The van der Waals surface area contributed by atoms with Crippen molar-refractivity contribution in [3.05, 3.63) is 29.8 Å². The van der Waals surface area contributed by atoms with E-state index in [9.17, 15) is 19.2 Å². The quantitative estimate of drug-likeness (QED) is 0.143. The second-order valence-electron chi connectivity index (χ2n) is 13.9. The number of amides is 3. The minimum absolute atomic E-state index is 0.145. The molecule has 12 heteroatoms. The fourth-order valence-corrected chi connectivity index (χ4v) is 5.47. The van der Waals surface area contributed by atoms with Crippen molar-refractivity contribution in [2.75, 3.05) is 46.4 Å². The Morgan fingerprint density at radius 1 is 0.978 bits per heavy atom. The number of nitrogens with one attached hydrogen (secondary N) is 1. The lowest BCUT2D eigenvalue weighted by Gasteiger charge is -2.39. The zero-order chi connectivity index (χ0) is 33.3. The fraction of sp³-hybridized carbons (Fsp3) is 0.697. The first-order valence-electron chi connectivity index (χ1n) is 15.9. The molecule has 3 rings (SSSR count). The van der Waals surface area contributed by atoms with Crippen molar-refractivity contribution < 1.29 is 47.3 Å².